The number of benzene rings is 1. The van der Waals surface area contributed by atoms with Gasteiger partial charge in [-0.3, -0.25) is 0 Å². The zero-order valence-electron chi connectivity index (χ0n) is 9.61. The van der Waals surface area contributed by atoms with Crippen LogP contribution >= 0.6 is 0 Å². The summed E-state index contributed by atoms with van der Waals surface area (Å²) in [5, 5.41) is 9.77. The van der Waals surface area contributed by atoms with Crippen molar-refractivity contribution in [2.75, 3.05) is 0 Å². The molecule has 0 fully saturated rings. The summed E-state index contributed by atoms with van der Waals surface area (Å²) in [6.45, 7) is 3.13. The highest BCUT2D eigenvalue weighted by Gasteiger charge is 2.00. The molecule has 1 heterocycles. The van der Waals surface area contributed by atoms with Crippen molar-refractivity contribution in [1.29, 1.82) is 5.26 Å². The summed E-state index contributed by atoms with van der Waals surface area (Å²) < 4.78 is 2.28. The second-order valence-corrected chi connectivity index (χ2v) is 4.19. The topological polar surface area (TPSA) is 28.7 Å². The maximum Gasteiger partial charge on any atom is 0.0621 e. The van der Waals surface area contributed by atoms with E-state index >= 15 is 0 Å². The molecule has 1 aromatic heterocycles. The van der Waals surface area contributed by atoms with E-state index in [4.69, 9.17) is 5.26 Å². The van der Waals surface area contributed by atoms with Crippen molar-refractivity contribution in [3.63, 3.8) is 0 Å². The van der Waals surface area contributed by atoms with Gasteiger partial charge in [-0.2, -0.15) is 5.26 Å². The number of aryl methyl sites for hydroxylation is 2. The molecule has 0 unspecified atom stereocenters. The molecule has 0 atom stereocenters. The zero-order valence-corrected chi connectivity index (χ0v) is 9.61. The van der Waals surface area contributed by atoms with Crippen LogP contribution in [-0.2, 0) is 6.54 Å². The van der Waals surface area contributed by atoms with Gasteiger partial charge in [0.1, 0.15) is 0 Å². The van der Waals surface area contributed by atoms with Crippen molar-refractivity contribution >= 4 is 10.9 Å². The lowest BCUT2D eigenvalue weighted by Crippen LogP contribution is -1.95. The number of unbranched alkanes of at least 4 members (excludes halogenated alkanes) is 2. The van der Waals surface area contributed by atoms with E-state index < -0.39 is 0 Å². The predicted octanol–water partition coefficient (Wildman–Crippen LogP) is 3.64. The molecule has 0 radical (unpaired) electrons. The first kappa shape index (κ1) is 10.8. The maximum absolute atomic E-state index is 8.47. The summed E-state index contributed by atoms with van der Waals surface area (Å²) in [6.07, 6.45) is 4.86. The Morgan fingerprint density at radius 2 is 2.12 bits per heavy atom. The van der Waals surface area contributed by atoms with Crippen molar-refractivity contribution in [1.82, 2.24) is 4.57 Å². The van der Waals surface area contributed by atoms with Gasteiger partial charge >= 0.3 is 0 Å². The van der Waals surface area contributed by atoms with Crippen LogP contribution in [0.25, 0.3) is 10.9 Å². The van der Waals surface area contributed by atoms with Gasteiger partial charge in [0.05, 0.1) is 6.07 Å². The summed E-state index contributed by atoms with van der Waals surface area (Å²) in [4.78, 5) is 0. The Labute approximate surface area is 96.1 Å². The minimum Gasteiger partial charge on any atom is -0.347 e. The molecular formula is C14H16N2. The maximum atomic E-state index is 8.47. The molecule has 0 saturated carbocycles. The Hall–Kier alpha value is -1.75. The summed E-state index contributed by atoms with van der Waals surface area (Å²) in [5.74, 6) is 0. The van der Waals surface area contributed by atoms with Gasteiger partial charge in [0.25, 0.3) is 0 Å². The van der Waals surface area contributed by atoms with E-state index in [0.29, 0.717) is 6.42 Å². The smallest absolute Gasteiger partial charge is 0.0621 e. The molecule has 0 amide bonds. The van der Waals surface area contributed by atoms with E-state index in [-0.39, 0.29) is 0 Å². The van der Waals surface area contributed by atoms with E-state index in [1.165, 1.54) is 16.5 Å². The molecule has 0 spiro atoms. The number of nitriles is 1. The molecular weight excluding hydrogens is 196 g/mol. The van der Waals surface area contributed by atoms with Crippen molar-refractivity contribution in [3.8, 4) is 6.07 Å². The lowest BCUT2D eigenvalue weighted by molar-refractivity contribution is 0.632. The molecule has 0 aliphatic rings. The van der Waals surface area contributed by atoms with Crippen LogP contribution in [0, 0.1) is 18.3 Å². The number of aromatic nitrogens is 1. The quantitative estimate of drug-likeness (QED) is 0.711. The first-order chi connectivity index (χ1) is 7.81. The molecule has 16 heavy (non-hydrogen) atoms. The molecule has 1 aromatic carbocycles. The van der Waals surface area contributed by atoms with Crippen LogP contribution in [-0.4, -0.2) is 4.57 Å². The van der Waals surface area contributed by atoms with Gasteiger partial charge < -0.3 is 4.57 Å². The summed E-state index contributed by atoms with van der Waals surface area (Å²) >= 11 is 0. The predicted molar refractivity (Wildman–Crippen MR) is 66.1 cm³/mol. The molecule has 0 aliphatic heterocycles. The molecule has 0 bridgehead atoms. The fraction of sp³-hybridized carbons (Fsp3) is 0.357. The SMILES string of the molecule is Cc1ccc2ccn(CCCCC#N)c2c1. The summed E-state index contributed by atoms with van der Waals surface area (Å²) in [6, 6.07) is 10.9. The van der Waals surface area contributed by atoms with Crippen molar-refractivity contribution in [3.05, 3.63) is 36.0 Å². The number of rotatable bonds is 4. The van der Waals surface area contributed by atoms with Crippen molar-refractivity contribution in [2.24, 2.45) is 0 Å². The normalized spacial score (nSPS) is 10.5. The molecule has 0 aliphatic carbocycles. The standard InChI is InChI=1S/C14H16N2/c1-12-5-6-13-7-10-16(14(13)11-12)9-4-2-3-8-15/h5-7,10-11H,2-4,9H2,1H3. The van der Waals surface area contributed by atoms with Crippen LogP contribution in [0.3, 0.4) is 0 Å². The van der Waals surface area contributed by atoms with Crippen LogP contribution in [0.1, 0.15) is 24.8 Å². The van der Waals surface area contributed by atoms with Crippen LogP contribution in [0.2, 0.25) is 0 Å². The molecule has 82 valence electrons. The van der Waals surface area contributed by atoms with Crippen molar-refractivity contribution in [2.45, 2.75) is 32.7 Å². The van der Waals surface area contributed by atoms with E-state index in [1.807, 2.05) is 0 Å². The first-order valence-electron chi connectivity index (χ1n) is 5.74. The van der Waals surface area contributed by atoms with Crippen LogP contribution in [0.15, 0.2) is 30.5 Å². The lowest BCUT2D eigenvalue weighted by Gasteiger charge is -2.04. The van der Waals surface area contributed by atoms with Gasteiger partial charge in [-0.1, -0.05) is 12.1 Å². The van der Waals surface area contributed by atoms with Crippen LogP contribution in [0.5, 0.6) is 0 Å². The second-order valence-electron chi connectivity index (χ2n) is 4.19. The second kappa shape index (κ2) is 4.85. The number of fused-ring (bicyclic) bond motifs is 1. The summed E-state index contributed by atoms with van der Waals surface area (Å²) in [7, 11) is 0. The number of hydrogen-bond donors (Lipinski definition) is 0. The first-order valence-corrected chi connectivity index (χ1v) is 5.74. The molecule has 2 rings (SSSR count). The Kier molecular flexibility index (Phi) is 3.26. The highest BCUT2D eigenvalue weighted by atomic mass is 14.9. The minimum absolute atomic E-state index is 0.665. The Morgan fingerprint density at radius 1 is 1.25 bits per heavy atom. The Bertz CT molecular complexity index is 517. The van der Waals surface area contributed by atoms with Gasteiger partial charge in [0.15, 0.2) is 0 Å². The zero-order chi connectivity index (χ0) is 11.4. The lowest BCUT2D eigenvalue weighted by atomic mass is 10.2. The highest BCUT2D eigenvalue weighted by molar-refractivity contribution is 5.80. The van der Waals surface area contributed by atoms with E-state index in [2.05, 4.69) is 48.0 Å². The molecule has 0 saturated heterocycles. The van der Waals surface area contributed by atoms with E-state index in [0.717, 1.165) is 19.4 Å². The van der Waals surface area contributed by atoms with Crippen molar-refractivity contribution < 1.29 is 0 Å². The molecule has 0 N–H and O–H groups in total. The van der Waals surface area contributed by atoms with E-state index in [9.17, 15) is 0 Å². The average molecular weight is 212 g/mol. The highest BCUT2D eigenvalue weighted by Crippen LogP contribution is 2.18. The Morgan fingerprint density at radius 3 is 2.94 bits per heavy atom. The number of hydrogen-bond acceptors (Lipinski definition) is 1. The minimum atomic E-state index is 0.665. The third kappa shape index (κ3) is 2.25. The van der Waals surface area contributed by atoms with Crippen LogP contribution < -0.4 is 0 Å². The van der Waals surface area contributed by atoms with Gasteiger partial charge in [-0.15, -0.1) is 0 Å². The molecule has 2 nitrogen and oxygen atoms in total. The molecule has 2 heteroatoms. The third-order valence-corrected chi connectivity index (χ3v) is 2.87. The summed E-state index contributed by atoms with van der Waals surface area (Å²) in [5.41, 5.74) is 2.60. The third-order valence-electron chi connectivity index (χ3n) is 2.87. The molecule has 2 aromatic rings. The number of nitrogens with zero attached hydrogens (tertiary/aromatic N) is 2. The van der Waals surface area contributed by atoms with Crippen LogP contribution in [0.4, 0.5) is 0 Å². The van der Waals surface area contributed by atoms with Gasteiger partial charge in [-0.05, 0) is 42.8 Å². The average Bonchev–Trinajstić information content (AvgIpc) is 2.67. The Balaban J connectivity index is 2.12. The van der Waals surface area contributed by atoms with Gasteiger partial charge in [-0.25, -0.2) is 0 Å². The van der Waals surface area contributed by atoms with Gasteiger partial charge in [0, 0.05) is 24.7 Å². The van der Waals surface area contributed by atoms with Gasteiger partial charge in [0.2, 0.25) is 0 Å². The fourth-order valence-electron chi connectivity index (χ4n) is 1.98. The largest absolute Gasteiger partial charge is 0.347 e. The van der Waals surface area contributed by atoms with E-state index in [1.54, 1.807) is 0 Å². The fourth-order valence-corrected chi connectivity index (χ4v) is 1.98. The monoisotopic (exact) mass is 212 g/mol.